The predicted molar refractivity (Wildman–Crippen MR) is 58.3 cm³/mol. The normalized spacial score (nSPS) is 22.7. The highest BCUT2D eigenvalue weighted by molar-refractivity contribution is 4.75. The standard InChI is InChI=1S/C6H12FN.C5H11N/c7-4-5-8-6-2-1-3-6;1-6-4-2-3-5-6/h6,8H,1-5H2;2-5H2,1H3. The van der Waals surface area contributed by atoms with Crippen molar-refractivity contribution in [1.29, 1.82) is 0 Å². The van der Waals surface area contributed by atoms with Gasteiger partial charge in [0, 0.05) is 12.6 Å². The van der Waals surface area contributed by atoms with Crippen LogP contribution in [0.4, 0.5) is 4.39 Å². The summed E-state index contributed by atoms with van der Waals surface area (Å²) in [6.07, 6.45) is 6.65. The van der Waals surface area contributed by atoms with Crippen molar-refractivity contribution in [3.63, 3.8) is 0 Å². The third-order valence-corrected chi connectivity index (χ3v) is 2.96. The number of nitrogens with zero attached hydrogens (tertiary/aromatic N) is 1. The summed E-state index contributed by atoms with van der Waals surface area (Å²) in [5.74, 6) is 0. The summed E-state index contributed by atoms with van der Waals surface area (Å²) in [6, 6.07) is 0.644. The molecule has 0 radical (unpaired) electrons. The maximum absolute atomic E-state index is 11.5. The average molecular weight is 202 g/mol. The molecule has 1 aliphatic carbocycles. The van der Waals surface area contributed by atoms with Crippen molar-refractivity contribution >= 4 is 0 Å². The molecule has 1 N–H and O–H groups in total. The van der Waals surface area contributed by atoms with Crippen LogP contribution in [-0.2, 0) is 0 Å². The molecule has 2 rings (SSSR count). The second-order valence-corrected chi connectivity index (χ2v) is 4.28. The van der Waals surface area contributed by atoms with Crippen molar-refractivity contribution in [2.45, 2.75) is 38.1 Å². The third-order valence-electron chi connectivity index (χ3n) is 2.96. The molecule has 1 saturated carbocycles. The first-order valence-corrected chi connectivity index (χ1v) is 5.81. The van der Waals surface area contributed by atoms with Crippen LogP contribution in [0.15, 0.2) is 0 Å². The first-order valence-electron chi connectivity index (χ1n) is 5.81. The minimum absolute atomic E-state index is 0.226. The zero-order valence-electron chi connectivity index (χ0n) is 9.27. The maximum Gasteiger partial charge on any atom is 0.102 e. The van der Waals surface area contributed by atoms with Crippen molar-refractivity contribution in [1.82, 2.24) is 10.2 Å². The molecule has 2 aliphatic rings. The molecular weight excluding hydrogens is 179 g/mol. The third kappa shape index (κ3) is 4.91. The lowest BCUT2D eigenvalue weighted by atomic mass is 9.93. The fourth-order valence-corrected chi connectivity index (χ4v) is 1.75. The van der Waals surface area contributed by atoms with E-state index in [0.29, 0.717) is 12.6 Å². The molecule has 84 valence electrons. The van der Waals surface area contributed by atoms with Gasteiger partial charge in [0.2, 0.25) is 0 Å². The first-order chi connectivity index (χ1) is 6.83. The summed E-state index contributed by atoms with van der Waals surface area (Å²) >= 11 is 0. The number of hydrogen-bond acceptors (Lipinski definition) is 2. The van der Waals surface area contributed by atoms with Crippen molar-refractivity contribution in [2.24, 2.45) is 0 Å². The maximum atomic E-state index is 11.5. The average Bonchev–Trinajstić information content (AvgIpc) is 2.55. The van der Waals surface area contributed by atoms with Gasteiger partial charge in [0.15, 0.2) is 0 Å². The largest absolute Gasteiger partial charge is 0.311 e. The number of likely N-dealkylation sites (tertiary alicyclic amines) is 1. The van der Waals surface area contributed by atoms with Gasteiger partial charge in [-0.2, -0.15) is 0 Å². The number of hydrogen-bond donors (Lipinski definition) is 1. The van der Waals surface area contributed by atoms with Gasteiger partial charge in [-0.05, 0) is 45.8 Å². The summed E-state index contributed by atoms with van der Waals surface area (Å²) in [5.41, 5.74) is 0. The Labute approximate surface area is 86.9 Å². The highest BCUT2D eigenvalue weighted by Crippen LogP contribution is 2.17. The van der Waals surface area contributed by atoms with E-state index in [1.54, 1.807) is 0 Å². The van der Waals surface area contributed by atoms with Crippen LogP contribution < -0.4 is 5.32 Å². The molecule has 1 saturated heterocycles. The Morgan fingerprint density at radius 1 is 1.21 bits per heavy atom. The van der Waals surface area contributed by atoms with E-state index in [1.165, 1.54) is 45.2 Å². The van der Waals surface area contributed by atoms with Crippen LogP contribution in [0.25, 0.3) is 0 Å². The monoisotopic (exact) mass is 202 g/mol. The Kier molecular flexibility index (Phi) is 6.12. The Balaban J connectivity index is 0.000000146. The van der Waals surface area contributed by atoms with Gasteiger partial charge >= 0.3 is 0 Å². The highest BCUT2D eigenvalue weighted by atomic mass is 19.1. The van der Waals surface area contributed by atoms with Crippen LogP contribution in [0.3, 0.4) is 0 Å². The molecule has 0 aromatic heterocycles. The fourth-order valence-electron chi connectivity index (χ4n) is 1.75. The smallest absolute Gasteiger partial charge is 0.102 e. The van der Waals surface area contributed by atoms with Crippen LogP contribution in [0.2, 0.25) is 0 Å². The zero-order chi connectivity index (χ0) is 10.2. The highest BCUT2D eigenvalue weighted by Gasteiger charge is 2.15. The summed E-state index contributed by atoms with van der Waals surface area (Å²) in [7, 11) is 2.17. The Morgan fingerprint density at radius 3 is 2.14 bits per heavy atom. The molecular formula is C11H23FN2. The van der Waals surface area contributed by atoms with E-state index in [9.17, 15) is 4.39 Å². The van der Waals surface area contributed by atoms with Gasteiger partial charge in [-0.3, -0.25) is 0 Å². The molecule has 0 aromatic carbocycles. The minimum Gasteiger partial charge on any atom is -0.311 e. The van der Waals surface area contributed by atoms with Crippen LogP contribution >= 0.6 is 0 Å². The number of halogens is 1. The zero-order valence-corrected chi connectivity index (χ0v) is 9.27. The molecule has 2 nitrogen and oxygen atoms in total. The quantitative estimate of drug-likeness (QED) is 0.751. The van der Waals surface area contributed by atoms with Crippen molar-refractivity contribution < 1.29 is 4.39 Å². The van der Waals surface area contributed by atoms with Crippen molar-refractivity contribution in [2.75, 3.05) is 33.4 Å². The molecule has 0 atom stereocenters. The van der Waals surface area contributed by atoms with Gasteiger partial charge < -0.3 is 10.2 Å². The molecule has 14 heavy (non-hydrogen) atoms. The molecule has 0 amide bonds. The molecule has 0 aromatic rings. The SMILES string of the molecule is CN1CCCC1.FCCNC1CCC1. The number of alkyl halides is 1. The summed E-state index contributed by atoms with van der Waals surface area (Å²) in [6.45, 7) is 2.96. The summed E-state index contributed by atoms with van der Waals surface area (Å²) < 4.78 is 11.5. The van der Waals surface area contributed by atoms with E-state index in [0.717, 1.165) is 0 Å². The predicted octanol–water partition coefficient (Wildman–Crippen LogP) is 1.81. The van der Waals surface area contributed by atoms with E-state index in [-0.39, 0.29) is 6.67 Å². The van der Waals surface area contributed by atoms with E-state index in [4.69, 9.17) is 0 Å². The van der Waals surface area contributed by atoms with E-state index in [1.807, 2.05) is 0 Å². The molecule has 1 heterocycles. The lowest BCUT2D eigenvalue weighted by Gasteiger charge is -2.25. The fraction of sp³-hybridized carbons (Fsp3) is 1.00. The van der Waals surface area contributed by atoms with Gasteiger partial charge in [-0.15, -0.1) is 0 Å². The lowest BCUT2D eigenvalue weighted by molar-refractivity contribution is 0.324. The molecule has 0 unspecified atom stereocenters. The molecule has 2 fully saturated rings. The van der Waals surface area contributed by atoms with Crippen LogP contribution in [0.5, 0.6) is 0 Å². The van der Waals surface area contributed by atoms with Gasteiger partial charge in [0.1, 0.15) is 6.67 Å². The van der Waals surface area contributed by atoms with Gasteiger partial charge in [-0.1, -0.05) is 6.42 Å². The van der Waals surface area contributed by atoms with Crippen LogP contribution in [0, 0.1) is 0 Å². The van der Waals surface area contributed by atoms with E-state index < -0.39 is 0 Å². The van der Waals surface area contributed by atoms with Crippen molar-refractivity contribution in [3.8, 4) is 0 Å². The Bertz CT molecular complexity index is 131. The van der Waals surface area contributed by atoms with E-state index >= 15 is 0 Å². The number of rotatable bonds is 3. The lowest BCUT2D eigenvalue weighted by Crippen LogP contribution is -2.36. The van der Waals surface area contributed by atoms with Gasteiger partial charge in [-0.25, -0.2) is 4.39 Å². The topological polar surface area (TPSA) is 15.3 Å². The van der Waals surface area contributed by atoms with Gasteiger partial charge in [0.05, 0.1) is 0 Å². The first kappa shape index (κ1) is 11.9. The summed E-state index contributed by atoms with van der Waals surface area (Å²) in [4.78, 5) is 2.36. The van der Waals surface area contributed by atoms with Crippen molar-refractivity contribution in [3.05, 3.63) is 0 Å². The van der Waals surface area contributed by atoms with Crippen LogP contribution in [-0.4, -0.2) is 44.3 Å². The molecule has 1 aliphatic heterocycles. The van der Waals surface area contributed by atoms with Crippen LogP contribution in [0.1, 0.15) is 32.1 Å². The Morgan fingerprint density at radius 2 is 1.86 bits per heavy atom. The molecule has 0 bridgehead atoms. The van der Waals surface area contributed by atoms with Gasteiger partial charge in [0.25, 0.3) is 0 Å². The summed E-state index contributed by atoms with van der Waals surface area (Å²) in [5, 5.41) is 3.09. The Hall–Kier alpha value is -0.150. The second-order valence-electron chi connectivity index (χ2n) is 4.28. The molecule has 0 spiro atoms. The van der Waals surface area contributed by atoms with E-state index in [2.05, 4.69) is 17.3 Å². The second kappa shape index (κ2) is 7.18. The minimum atomic E-state index is -0.226. The number of nitrogens with one attached hydrogen (secondary N) is 1. The molecule has 3 heteroatoms.